The molecule has 0 radical (unpaired) electrons. The van der Waals surface area contributed by atoms with Crippen LogP contribution < -0.4 is 5.32 Å². The first-order valence-electron chi connectivity index (χ1n) is 7.68. The second-order valence-electron chi connectivity index (χ2n) is 5.77. The fourth-order valence-corrected chi connectivity index (χ4v) is 2.79. The van der Waals surface area contributed by atoms with Gasteiger partial charge in [-0.1, -0.05) is 25.7 Å². The van der Waals surface area contributed by atoms with E-state index in [0.29, 0.717) is 12.3 Å². The third-order valence-electron chi connectivity index (χ3n) is 4.11. The maximum atomic E-state index is 12.3. The Morgan fingerprint density at radius 3 is 2.43 bits per heavy atom. The standard InChI is InChI=1S/C15H26N2O4/c1-11(15(20)21)17(10-9-16-12(2)18)14(19)8-7-13-5-3-4-6-13/h11,13H,3-10H2,1-2H3,(H,16,18)(H,20,21). The molecule has 21 heavy (non-hydrogen) atoms. The van der Waals surface area contributed by atoms with Crippen LogP contribution in [0.3, 0.4) is 0 Å². The first-order chi connectivity index (χ1) is 9.91. The number of amides is 2. The fraction of sp³-hybridized carbons (Fsp3) is 0.800. The summed E-state index contributed by atoms with van der Waals surface area (Å²) in [6, 6.07) is -0.866. The minimum atomic E-state index is -1.02. The molecule has 0 heterocycles. The molecule has 0 aliphatic heterocycles. The van der Waals surface area contributed by atoms with Crippen LogP contribution in [0.5, 0.6) is 0 Å². The molecule has 1 rings (SSSR count). The van der Waals surface area contributed by atoms with E-state index in [4.69, 9.17) is 5.11 Å². The summed E-state index contributed by atoms with van der Waals surface area (Å²) in [6.07, 6.45) is 6.04. The zero-order chi connectivity index (χ0) is 15.8. The minimum Gasteiger partial charge on any atom is -0.480 e. The summed E-state index contributed by atoms with van der Waals surface area (Å²) < 4.78 is 0. The van der Waals surface area contributed by atoms with Crippen molar-refractivity contribution in [2.45, 2.75) is 58.4 Å². The van der Waals surface area contributed by atoms with Crippen LogP contribution in [0.4, 0.5) is 0 Å². The lowest BCUT2D eigenvalue weighted by atomic mass is 10.0. The molecule has 2 N–H and O–H groups in total. The number of carbonyl (C=O) groups excluding carboxylic acids is 2. The largest absolute Gasteiger partial charge is 0.480 e. The number of rotatable bonds is 8. The van der Waals surface area contributed by atoms with E-state index in [1.165, 1.54) is 44.4 Å². The predicted molar refractivity (Wildman–Crippen MR) is 78.7 cm³/mol. The molecular formula is C15H26N2O4. The van der Waals surface area contributed by atoms with Gasteiger partial charge in [0.05, 0.1) is 0 Å². The van der Waals surface area contributed by atoms with Crippen molar-refractivity contribution in [2.75, 3.05) is 13.1 Å². The normalized spacial score (nSPS) is 16.5. The summed E-state index contributed by atoms with van der Waals surface area (Å²) in [7, 11) is 0. The van der Waals surface area contributed by atoms with E-state index >= 15 is 0 Å². The third-order valence-corrected chi connectivity index (χ3v) is 4.11. The lowest BCUT2D eigenvalue weighted by Crippen LogP contribution is -2.46. The molecule has 6 nitrogen and oxygen atoms in total. The van der Waals surface area contributed by atoms with Crippen molar-refractivity contribution in [1.29, 1.82) is 0 Å². The maximum absolute atomic E-state index is 12.3. The van der Waals surface area contributed by atoms with Crippen molar-refractivity contribution in [3.63, 3.8) is 0 Å². The molecule has 0 aromatic carbocycles. The lowest BCUT2D eigenvalue weighted by molar-refractivity contribution is -0.149. The Morgan fingerprint density at radius 1 is 1.29 bits per heavy atom. The van der Waals surface area contributed by atoms with Gasteiger partial charge in [-0.15, -0.1) is 0 Å². The minimum absolute atomic E-state index is 0.137. The van der Waals surface area contributed by atoms with Gasteiger partial charge >= 0.3 is 5.97 Å². The summed E-state index contributed by atoms with van der Waals surface area (Å²) in [5.74, 6) is -0.739. The summed E-state index contributed by atoms with van der Waals surface area (Å²) in [5, 5.41) is 11.7. The number of hydrogen-bond acceptors (Lipinski definition) is 3. The quantitative estimate of drug-likeness (QED) is 0.709. The highest BCUT2D eigenvalue weighted by atomic mass is 16.4. The number of aliphatic carboxylic acids is 1. The van der Waals surface area contributed by atoms with E-state index in [1.54, 1.807) is 0 Å². The molecular weight excluding hydrogens is 272 g/mol. The maximum Gasteiger partial charge on any atom is 0.326 e. The van der Waals surface area contributed by atoms with E-state index in [2.05, 4.69) is 5.32 Å². The zero-order valence-electron chi connectivity index (χ0n) is 12.9. The van der Waals surface area contributed by atoms with Crippen molar-refractivity contribution >= 4 is 17.8 Å². The highest BCUT2D eigenvalue weighted by Gasteiger charge is 2.26. The monoisotopic (exact) mass is 298 g/mol. The molecule has 2 amide bonds. The highest BCUT2D eigenvalue weighted by Crippen LogP contribution is 2.28. The Labute approximate surface area is 125 Å². The highest BCUT2D eigenvalue weighted by molar-refractivity contribution is 5.83. The van der Waals surface area contributed by atoms with Crippen LogP contribution in [0, 0.1) is 5.92 Å². The van der Waals surface area contributed by atoms with Gasteiger partial charge in [0.15, 0.2) is 0 Å². The molecule has 0 aromatic heterocycles. The SMILES string of the molecule is CC(=O)NCCN(C(=O)CCC1CCCC1)C(C)C(=O)O. The predicted octanol–water partition coefficient (Wildman–Crippen LogP) is 1.39. The lowest BCUT2D eigenvalue weighted by Gasteiger charge is -2.27. The first-order valence-corrected chi connectivity index (χ1v) is 7.68. The van der Waals surface area contributed by atoms with Crippen LogP contribution in [0.25, 0.3) is 0 Å². The molecule has 1 unspecified atom stereocenters. The zero-order valence-corrected chi connectivity index (χ0v) is 12.9. The fourth-order valence-electron chi connectivity index (χ4n) is 2.79. The Bertz CT molecular complexity index is 378. The van der Waals surface area contributed by atoms with Gasteiger partial charge < -0.3 is 15.3 Å². The summed E-state index contributed by atoms with van der Waals surface area (Å²) in [6.45, 7) is 3.41. The van der Waals surface area contributed by atoms with E-state index in [9.17, 15) is 14.4 Å². The average Bonchev–Trinajstić information content (AvgIpc) is 2.93. The number of carbonyl (C=O) groups is 3. The van der Waals surface area contributed by atoms with Crippen molar-refractivity contribution in [3.05, 3.63) is 0 Å². The van der Waals surface area contributed by atoms with Crippen LogP contribution in [-0.4, -0.2) is 46.9 Å². The van der Waals surface area contributed by atoms with Gasteiger partial charge in [0.1, 0.15) is 6.04 Å². The van der Waals surface area contributed by atoms with Gasteiger partial charge in [-0.25, -0.2) is 4.79 Å². The van der Waals surface area contributed by atoms with Gasteiger partial charge in [0.25, 0.3) is 0 Å². The van der Waals surface area contributed by atoms with E-state index < -0.39 is 12.0 Å². The molecule has 0 spiro atoms. The average molecular weight is 298 g/mol. The van der Waals surface area contributed by atoms with Crippen molar-refractivity contribution in [2.24, 2.45) is 5.92 Å². The van der Waals surface area contributed by atoms with Crippen LogP contribution in [0.15, 0.2) is 0 Å². The van der Waals surface area contributed by atoms with Crippen molar-refractivity contribution in [1.82, 2.24) is 10.2 Å². The van der Waals surface area contributed by atoms with E-state index in [1.807, 2.05) is 0 Å². The molecule has 1 aliphatic rings. The third kappa shape index (κ3) is 6.14. The van der Waals surface area contributed by atoms with E-state index in [0.717, 1.165) is 6.42 Å². The molecule has 0 aromatic rings. The molecule has 1 saturated carbocycles. The van der Waals surface area contributed by atoms with Gasteiger partial charge in [0, 0.05) is 26.4 Å². The van der Waals surface area contributed by atoms with Crippen molar-refractivity contribution < 1.29 is 19.5 Å². The molecule has 1 aliphatic carbocycles. The molecule has 1 atom stereocenters. The van der Waals surface area contributed by atoms with Gasteiger partial charge in [0.2, 0.25) is 11.8 Å². The Balaban J connectivity index is 2.49. The second-order valence-corrected chi connectivity index (χ2v) is 5.77. The number of carboxylic acids is 1. The number of nitrogens with zero attached hydrogens (tertiary/aromatic N) is 1. The van der Waals surface area contributed by atoms with Gasteiger partial charge in [-0.05, 0) is 19.3 Å². The second kappa shape index (κ2) is 8.64. The number of carboxylic acid groups (broad SMARTS) is 1. The van der Waals surface area contributed by atoms with Gasteiger partial charge in [-0.3, -0.25) is 9.59 Å². The van der Waals surface area contributed by atoms with Crippen molar-refractivity contribution in [3.8, 4) is 0 Å². The smallest absolute Gasteiger partial charge is 0.326 e. The Hall–Kier alpha value is -1.59. The van der Waals surface area contributed by atoms with Crippen LogP contribution in [0.2, 0.25) is 0 Å². The van der Waals surface area contributed by atoms with Crippen LogP contribution in [-0.2, 0) is 14.4 Å². The Kier molecular flexibility index (Phi) is 7.19. The summed E-state index contributed by atoms with van der Waals surface area (Å²) in [5.41, 5.74) is 0. The molecule has 120 valence electrons. The molecule has 0 saturated heterocycles. The molecule has 0 bridgehead atoms. The number of hydrogen-bond donors (Lipinski definition) is 2. The summed E-state index contributed by atoms with van der Waals surface area (Å²) >= 11 is 0. The van der Waals surface area contributed by atoms with Gasteiger partial charge in [-0.2, -0.15) is 0 Å². The molecule has 1 fully saturated rings. The number of nitrogens with one attached hydrogen (secondary N) is 1. The van der Waals surface area contributed by atoms with Crippen LogP contribution >= 0.6 is 0 Å². The topological polar surface area (TPSA) is 86.7 Å². The first kappa shape index (κ1) is 17.5. The van der Waals surface area contributed by atoms with Crippen LogP contribution in [0.1, 0.15) is 52.4 Å². The summed E-state index contributed by atoms with van der Waals surface area (Å²) in [4.78, 5) is 35.6. The van der Waals surface area contributed by atoms with E-state index in [-0.39, 0.29) is 24.9 Å². The molecule has 6 heteroatoms. The Morgan fingerprint density at radius 2 is 1.90 bits per heavy atom.